The van der Waals surface area contributed by atoms with E-state index < -0.39 is 0 Å². The van der Waals surface area contributed by atoms with Gasteiger partial charge >= 0.3 is 0 Å². The van der Waals surface area contributed by atoms with Gasteiger partial charge in [0.15, 0.2) is 0 Å². The molecule has 0 saturated heterocycles. The van der Waals surface area contributed by atoms with Crippen molar-refractivity contribution in [3.8, 4) is 0 Å². The second kappa shape index (κ2) is 20.2. The molecule has 0 fully saturated rings. The summed E-state index contributed by atoms with van der Waals surface area (Å²) in [4.78, 5) is 11.4. The first-order valence-electron chi connectivity index (χ1n) is 9.78. The molecular weight excluding hydrogens is 306 g/mol. The molecule has 0 saturated carbocycles. The Labute approximate surface area is 155 Å². The highest BCUT2D eigenvalue weighted by atomic mass is 16.1. The zero-order valence-corrected chi connectivity index (χ0v) is 16.1. The Morgan fingerprint density at radius 1 is 0.800 bits per heavy atom. The number of amides is 1. The first kappa shape index (κ1) is 23.2. The average Bonchev–Trinajstić information content (AvgIpc) is 2.62. The zero-order chi connectivity index (χ0) is 18.4. The van der Waals surface area contributed by atoms with Gasteiger partial charge in [0.1, 0.15) is 0 Å². The quantitative estimate of drug-likeness (QED) is 0.254. The molecule has 0 radical (unpaired) electrons. The van der Waals surface area contributed by atoms with Crippen LogP contribution in [-0.2, 0) is 4.79 Å². The first-order chi connectivity index (χ1) is 12.3. The Hall–Kier alpha value is -1.83. The maximum Gasteiger partial charge on any atom is 0.220 e. The fourth-order valence-corrected chi connectivity index (χ4v) is 2.22. The molecule has 0 atom stereocenters. The minimum atomic E-state index is 0.107. The van der Waals surface area contributed by atoms with Gasteiger partial charge in [0.05, 0.1) is 0 Å². The molecule has 2 nitrogen and oxygen atoms in total. The monoisotopic (exact) mass is 343 g/mol. The van der Waals surface area contributed by atoms with E-state index in [1.54, 1.807) is 6.08 Å². The summed E-state index contributed by atoms with van der Waals surface area (Å²) in [5.41, 5.74) is 0. The second-order valence-electron chi connectivity index (χ2n) is 6.07. The van der Waals surface area contributed by atoms with Crippen LogP contribution in [0.5, 0.6) is 0 Å². The number of carbonyl (C=O) groups excluding carboxylic acids is 1. The van der Waals surface area contributed by atoms with Crippen LogP contribution in [0, 0.1) is 0 Å². The second-order valence-corrected chi connectivity index (χ2v) is 6.07. The summed E-state index contributed by atoms with van der Waals surface area (Å²) >= 11 is 0. The Morgan fingerprint density at radius 2 is 1.32 bits per heavy atom. The Bertz CT molecular complexity index is 429. The predicted molar refractivity (Wildman–Crippen MR) is 112 cm³/mol. The van der Waals surface area contributed by atoms with Gasteiger partial charge in [0.25, 0.3) is 0 Å². The lowest BCUT2D eigenvalue weighted by Gasteiger charge is -1.99. The van der Waals surface area contributed by atoms with E-state index in [9.17, 15) is 4.79 Å². The number of carbonyl (C=O) groups is 1. The third kappa shape index (κ3) is 20.1. The van der Waals surface area contributed by atoms with Crippen LogP contribution in [-0.4, -0.2) is 12.5 Å². The standard InChI is InChI=1S/C23H37NO/c1-3-5-6-7-8-9-10-11-12-13-14-15-16-17-18-19-20-21-23(25)24-22-4-2/h4,8-9,11-12,14-15,17-18H,2-3,5-7,10,13,16,19-22H2,1H3,(H,24,25). The van der Waals surface area contributed by atoms with Gasteiger partial charge in [-0.3, -0.25) is 4.79 Å². The van der Waals surface area contributed by atoms with Gasteiger partial charge in [0, 0.05) is 13.0 Å². The van der Waals surface area contributed by atoms with Gasteiger partial charge in [-0.1, -0.05) is 74.4 Å². The highest BCUT2D eigenvalue weighted by Gasteiger charge is 1.96. The van der Waals surface area contributed by atoms with Crippen molar-refractivity contribution in [3.63, 3.8) is 0 Å². The molecule has 0 spiro atoms. The number of allylic oxidation sites excluding steroid dienone is 8. The summed E-state index contributed by atoms with van der Waals surface area (Å²) in [6, 6.07) is 0. The Morgan fingerprint density at radius 3 is 1.84 bits per heavy atom. The van der Waals surface area contributed by atoms with Crippen LogP contribution >= 0.6 is 0 Å². The summed E-state index contributed by atoms with van der Waals surface area (Å²) in [6.45, 7) is 6.37. The third-order valence-electron chi connectivity index (χ3n) is 3.68. The fraction of sp³-hybridized carbons (Fsp3) is 0.522. The molecule has 0 aromatic carbocycles. The lowest BCUT2D eigenvalue weighted by Crippen LogP contribution is -2.22. The van der Waals surface area contributed by atoms with Crippen LogP contribution in [0.15, 0.2) is 61.3 Å². The molecule has 25 heavy (non-hydrogen) atoms. The topological polar surface area (TPSA) is 29.1 Å². The summed E-state index contributed by atoms with van der Waals surface area (Å²) in [7, 11) is 0. The summed E-state index contributed by atoms with van der Waals surface area (Å²) < 4.78 is 0. The Balaban J connectivity index is 3.46. The van der Waals surface area contributed by atoms with Gasteiger partial charge in [-0.05, 0) is 44.9 Å². The van der Waals surface area contributed by atoms with E-state index in [1.165, 1.54) is 25.7 Å². The molecule has 2 heteroatoms. The number of hydrogen-bond acceptors (Lipinski definition) is 1. The average molecular weight is 344 g/mol. The summed E-state index contributed by atoms with van der Waals surface area (Å²) in [6.07, 6.45) is 30.0. The molecular formula is C23H37NO. The van der Waals surface area contributed by atoms with Crippen molar-refractivity contribution < 1.29 is 4.79 Å². The van der Waals surface area contributed by atoms with E-state index in [0.717, 1.165) is 32.1 Å². The van der Waals surface area contributed by atoms with E-state index in [2.05, 4.69) is 67.4 Å². The number of rotatable bonds is 16. The number of nitrogens with one attached hydrogen (secondary N) is 1. The van der Waals surface area contributed by atoms with E-state index >= 15 is 0 Å². The van der Waals surface area contributed by atoms with Crippen LogP contribution in [0.25, 0.3) is 0 Å². The van der Waals surface area contributed by atoms with Crippen molar-refractivity contribution in [2.75, 3.05) is 6.54 Å². The highest BCUT2D eigenvalue weighted by molar-refractivity contribution is 5.75. The van der Waals surface area contributed by atoms with Crippen LogP contribution in [0.4, 0.5) is 0 Å². The molecule has 1 amide bonds. The van der Waals surface area contributed by atoms with Crippen LogP contribution in [0.2, 0.25) is 0 Å². The van der Waals surface area contributed by atoms with Gasteiger partial charge < -0.3 is 5.32 Å². The summed E-state index contributed by atoms with van der Waals surface area (Å²) in [5, 5.41) is 2.78. The molecule has 0 rings (SSSR count). The van der Waals surface area contributed by atoms with Gasteiger partial charge in [-0.15, -0.1) is 6.58 Å². The summed E-state index contributed by atoms with van der Waals surface area (Å²) in [5.74, 6) is 0.107. The van der Waals surface area contributed by atoms with E-state index in [4.69, 9.17) is 0 Å². The lowest BCUT2D eigenvalue weighted by atomic mass is 10.2. The molecule has 1 N–H and O–H groups in total. The van der Waals surface area contributed by atoms with Crippen LogP contribution in [0.1, 0.15) is 71.1 Å². The van der Waals surface area contributed by atoms with Crippen molar-refractivity contribution in [1.82, 2.24) is 5.32 Å². The largest absolute Gasteiger partial charge is 0.353 e. The Kier molecular flexibility index (Phi) is 18.7. The van der Waals surface area contributed by atoms with Gasteiger partial charge in [0.2, 0.25) is 5.91 Å². The molecule has 0 heterocycles. The first-order valence-corrected chi connectivity index (χ1v) is 9.78. The molecule has 0 aliphatic rings. The number of unbranched alkanes of at least 4 members (excludes halogenated alkanes) is 4. The van der Waals surface area contributed by atoms with E-state index in [1.807, 2.05) is 0 Å². The minimum absolute atomic E-state index is 0.107. The molecule has 0 bridgehead atoms. The molecule has 0 aromatic rings. The van der Waals surface area contributed by atoms with E-state index in [-0.39, 0.29) is 5.91 Å². The van der Waals surface area contributed by atoms with Crippen molar-refractivity contribution in [2.24, 2.45) is 0 Å². The molecule has 0 aliphatic heterocycles. The van der Waals surface area contributed by atoms with Crippen LogP contribution in [0.3, 0.4) is 0 Å². The molecule has 0 unspecified atom stereocenters. The fourth-order valence-electron chi connectivity index (χ4n) is 2.22. The van der Waals surface area contributed by atoms with Crippen molar-refractivity contribution in [3.05, 3.63) is 61.3 Å². The van der Waals surface area contributed by atoms with Crippen molar-refractivity contribution in [2.45, 2.75) is 71.1 Å². The lowest BCUT2D eigenvalue weighted by molar-refractivity contribution is -0.120. The smallest absolute Gasteiger partial charge is 0.220 e. The SMILES string of the molecule is C=CCNC(=O)CCCC=CCC=CCC=CCC=CCCCCC. The van der Waals surface area contributed by atoms with Crippen LogP contribution < -0.4 is 5.32 Å². The molecule has 0 aromatic heterocycles. The predicted octanol–water partition coefficient (Wildman–Crippen LogP) is 6.43. The molecule has 140 valence electrons. The van der Waals surface area contributed by atoms with E-state index in [0.29, 0.717) is 13.0 Å². The minimum Gasteiger partial charge on any atom is -0.353 e. The zero-order valence-electron chi connectivity index (χ0n) is 16.1. The van der Waals surface area contributed by atoms with Crippen molar-refractivity contribution in [1.29, 1.82) is 0 Å². The maximum absolute atomic E-state index is 11.4. The highest BCUT2D eigenvalue weighted by Crippen LogP contribution is 2.01. The van der Waals surface area contributed by atoms with Gasteiger partial charge in [-0.2, -0.15) is 0 Å². The number of hydrogen-bond donors (Lipinski definition) is 1. The molecule has 0 aliphatic carbocycles. The third-order valence-corrected chi connectivity index (χ3v) is 3.68. The van der Waals surface area contributed by atoms with Gasteiger partial charge in [-0.25, -0.2) is 0 Å². The maximum atomic E-state index is 11.4. The normalized spacial score (nSPS) is 12.0. The van der Waals surface area contributed by atoms with Crippen molar-refractivity contribution >= 4 is 5.91 Å².